The van der Waals surface area contributed by atoms with E-state index in [-0.39, 0.29) is 24.5 Å². The first-order valence-electron chi connectivity index (χ1n) is 8.02. The number of esters is 2. The first kappa shape index (κ1) is 18.1. The third-order valence-electron chi connectivity index (χ3n) is 4.13. The van der Waals surface area contributed by atoms with Crippen molar-refractivity contribution < 1.29 is 23.9 Å². The maximum Gasteiger partial charge on any atom is 0.340 e. The van der Waals surface area contributed by atoms with E-state index in [0.717, 1.165) is 19.3 Å². The van der Waals surface area contributed by atoms with Crippen LogP contribution in [0.2, 0.25) is 0 Å². The van der Waals surface area contributed by atoms with Crippen LogP contribution in [0.5, 0.6) is 0 Å². The predicted octanol–water partition coefficient (Wildman–Crippen LogP) is 1.53. The van der Waals surface area contributed by atoms with E-state index in [1.54, 1.807) is 6.07 Å². The van der Waals surface area contributed by atoms with Gasteiger partial charge in [-0.05, 0) is 37.8 Å². The van der Waals surface area contributed by atoms with Gasteiger partial charge in [-0.15, -0.1) is 0 Å². The van der Waals surface area contributed by atoms with Crippen LogP contribution in [-0.2, 0) is 25.7 Å². The second kappa shape index (κ2) is 8.01. The van der Waals surface area contributed by atoms with Crippen LogP contribution in [0.4, 0.5) is 0 Å². The van der Waals surface area contributed by atoms with Gasteiger partial charge in [0.2, 0.25) is 0 Å². The van der Waals surface area contributed by atoms with Crippen LogP contribution in [0, 0.1) is 0 Å². The molecule has 0 saturated heterocycles. The Morgan fingerprint density at radius 1 is 1.21 bits per heavy atom. The molecule has 1 aromatic heterocycles. The van der Waals surface area contributed by atoms with Gasteiger partial charge in [-0.3, -0.25) is 14.6 Å². The van der Waals surface area contributed by atoms with Crippen LogP contribution in [0.15, 0.2) is 18.3 Å². The van der Waals surface area contributed by atoms with Gasteiger partial charge < -0.3 is 15.2 Å². The fourth-order valence-electron chi connectivity index (χ4n) is 2.79. The molecule has 0 unspecified atom stereocenters. The zero-order valence-corrected chi connectivity index (χ0v) is 13.7. The average molecular weight is 334 g/mol. The maximum absolute atomic E-state index is 12.4. The monoisotopic (exact) mass is 334 g/mol. The maximum atomic E-state index is 12.4. The Hall–Kier alpha value is -2.28. The quantitative estimate of drug-likeness (QED) is 0.786. The summed E-state index contributed by atoms with van der Waals surface area (Å²) in [6.07, 6.45) is 5.05. The van der Waals surface area contributed by atoms with Crippen molar-refractivity contribution in [2.24, 2.45) is 5.73 Å². The number of pyridine rings is 1. The van der Waals surface area contributed by atoms with Crippen molar-refractivity contribution in [1.29, 1.82) is 0 Å². The minimum absolute atomic E-state index is 0.0419. The van der Waals surface area contributed by atoms with Crippen LogP contribution in [-0.4, -0.2) is 34.9 Å². The Kier molecular flexibility index (Phi) is 6.03. The number of hydrogen-bond acceptors (Lipinski definition) is 7. The fourth-order valence-corrected chi connectivity index (χ4v) is 2.79. The number of ether oxygens (including phenoxy) is 2. The summed E-state index contributed by atoms with van der Waals surface area (Å²) in [6, 6.07) is 3.12. The SMILES string of the molecule is CC(=O)OCc1ccc(C(=O)OC2(C(=O)CN)CCCCC2)cn1. The van der Waals surface area contributed by atoms with Crippen molar-refractivity contribution in [3.63, 3.8) is 0 Å². The van der Waals surface area contributed by atoms with E-state index in [1.165, 1.54) is 19.2 Å². The number of ketones is 1. The molecule has 1 aromatic rings. The molecule has 0 radical (unpaired) electrons. The van der Waals surface area contributed by atoms with Gasteiger partial charge in [0.25, 0.3) is 0 Å². The number of carbonyl (C=O) groups is 3. The van der Waals surface area contributed by atoms with E-state index in [1.807, 2.05) is 0 Å². The zero-order valence-electron chi connectivity index (χ0n) is 13.7. The fraction of sp³-hybridized carbons (Fsp3) is 0.529. The molecule has 7 heteroatoms. The van der Waals surface area contributed by atoms with Crippen molar-refractivity contribution in [2.75, 3.05) is 6.54 Å². The Labute approximate surface area is 140 Å². The Bertz CT molecular complexity index is 606. The molecule has 2 rings (SSSR count). The molecule has 0 aliphatic heterocycles. The first-order valence-corrected chi connectivity index (χ1v) is 8.02. The molecule has 1 fully saturated rings. The summed E-state index contributed by atoms with van der Waals surface area (Å²) in [6.45, 7) is 1.21. The molecule has 1 saturated carbocycles. The number of nitrogens with two attached hydrogens (primary N) is 1. The molecule has 0 bridgehead atoms. The van der Waals surface area contributed by atoms with E-state index in [4.69, 9.17) is 15.2 Å². The van der Waals surface area contributed by atoms with Crippen LogP contribution in [0.25, 0.3) is 0 Å². The molecule has 0 amide bonds. The highest BCUT2D eigenvalue weighted by Crippen LogP contribution is 2.33. The summed E-state index contributed by atoms with van der Waals surface area (Å²) in [5.74, 6) is -1.24. The summed E-state index contributed by atoms with van der Waals surface area (Å²) in [4.78, 5) is 39.4. The highest BCUT2D eigenvalue weighted by molar-refractivity contribution is 5.95. The van der Waals surface area contributed by atoms with Crippen molar-refractivity contribution in [3.8, 4) is 0 Å². The Morgan fingerprint density at radius 3 is 2.46 bits per heavy atom. The highest BCUT2D eigenvalue weighted by atomic mass is 16.6. The van der Waals surface area contributed by atoms with Gasteiger partial charge >= 0.3 is 11.9 Å². The number of hydrogen-bond donors (Lipinski definition) is 1. The van der Waals surface area contributed by atoms with Gasteiger partial charge in [-0.25, -0.2) is 4.79 Å². The van der Waals surface area contributed by atoms with E-state index in [2.05, 4.69) is 4.98 Å². The molecule has 24 heavy (non-hydrogen) atoms. The average Bonchev–Trinajstić information content (AvgIpc) is 2.60. The number of Topliss-reactive ketones (excluding diaryl/α,β-unsaturated/α-hetero) is 1. The van der Waals surface area contributed by atoms with Crippen LogP contribution < -0.4 is 5.73 Å². The lowest BCUT2D eigenvalue weighted by Crippen LogP contribution is -2.48. The Morgan fingerprint density at radius 2 is 1.92 bits per heavy atom. The predicted molar refractivity (Wildman–Crippen MR) is 85.0 cm³/mol. The summed E-state index contributed by atoms with van der Waals surface area (Å²) < 4.78 is 10.4. The lowest BCUT2D eigenvalue weighted by atomic mass is 9.81. The lowest BCUT2D eigenvalue weighted by Gasteiger charge is -2.35. The van der Waals surface area contributed by atoms with Gasteiger partial charge in [0.15, 0.2) is 11.4 Å². The molecule has 1 aliphatic carbocycles. The largest absolute Gasteiger partial charge is 0.459 e. The molecule has 130 valence electrons. The molecule has 7 nitrogen and oxygen atoms in total. The third-order valence-corrected chi connectivity index (χ3v) is 4.13. The number of nitrogens with zero attached hydrogens (tertiary/aromatic N) is 1. The summed E-state index contributed by atoms with van der Waals surface area (Å²) in [5.41, 5.74) is 5.14. The molecule has 0 aromatic carbocycles. The molecule has 0 spiro atoms. The minimum Gasteiger partial charge on any atom is -0.459 e. The number of rotatable bonds is 6. The van der Waals surface area contributed by atoms with E-state index < -0.39 is 17.5 Å². The van der Waals surface area contributed by atoms with Crippen LogP contribution >= 0.6 is 0 Å². The van der Waals surface area contributed by atoms with E-state index in [0.29, 0.717) is 18.5 Å². The van der Waals surface area contributed by atoms with E-state index >= 15 is 0 Å². The second-order valence-electron chi connectivity index (χ2n) is 5.89. The molecule has 2 N–H and O–H groups in total. The van der Waals surface area contributed by atoms with Gasteiger partial charge in [-0.1, -0.05) is 6.42 Å². The topological polar surface area (TPSA) is 109 Å². The smallest absolute Gasteiger partial charge is 0.340 e. The number of carbonyl (C=O) groups excluding carboxylic acids is 3. The van der Waals surface area contributed by atoms with Gasteiger partial charge in [0, 0.05) is 13.1 Å². The zero-order chi connectivity index (χ0) is 17.6. The van der Waals surface area contributed by atoms with Crippen LogP contribution in [0.1, 0.15) is 55.1 Å². The first-order chi connectivity index (χ1) is 11.5. The van der Waals surface area contributed by atoms with Gasteiger partial charge in [0.05, 0.1) is 17.8 Å². The molecular formula is C17H22N2O5. The van der Waals surface area contributed by atoms with Crippen molar-refractivity contribution in [1.82, 2.24) is 4.98 Å². The molecular weight excluding hydrogens is 312 g/mol. The van der Waals surface area contributed by atoms with Gasteiger partial charge in [-0.2, -0.15) is 0 Å². The normalized spacial score (nSPS) is 16.2. The standard InChI is InChI=1S/C17H22N2O5/c1-12(20)23-11-14-6-5-13(10-19-14)16(22)24-17(15(21)9-18)7-3-2-4-8-17/h5-6,10H,2-4,7-9,11,18H2,1H3. The van der Waals surface area contributed by atoms with Gasteiger partial charge in [0.1, 0.15) is 6.61 Å². The summed E-state index contributed by atoms with van der Waals surface area (Å²) in [5, 5.41) is 0. The van der Waals surface area contributed by atoms with Crippen molar-refractivity contribution in [3.05, 3.63) is 29.6 Å². The third kappa shape index (κ3) is 4.38. The van der Waals surface area contributed by atoms with E-state index in [9.17, 15) is 14.4 Å². The number of aromatic nitrogens is 1. The molecule has 1 heterocycles. The van der Waals surface area contributed by atoms with Crippen molar-refractivity contribution >= 4 is 17.7 Å². The lowest BCUT2D eigenvalue weighted by molar-refractivity contribution is -0.142. The minimum atomic E-state index is -1.11. The Balaban J connectivity index is 2.07. The summed E-state index contributed by atoms with van der Waals surface area (Å²) >= 11 is 0. The summed E-state index contributed by atoms with van der Waals surface area (Å²) in [7, 11) is 0. The molecule has 1 aliphatic rings. The second-order valence-corrected chi connectivity index (χ2v) is 5.89. The highest BCUT2D eigenvalue weighted by Gasteiger charge is 2.42. The van der Waals surface area contributed by atoms with Crippen molar-refractivity contribution in [2.45, 2.75) is 51.2 Å². The molecule has 0 atom stereocenters. The van der Waals surface area contributed by atoms with Crippen LogP contribution in [0.3, 0.4) is 0 Å².